The molecular formula is C19H19FN2O4. The maximum absolute atomic E-state index is 12.9. The Kier molecular flexibility index (Phi) is 6.43. The summed E-state index contributed by atoms with van der Waals surface area (Å²) in [6, 6.07) is 12.1. The van der Waals surface area contributed by atoms with Crippen molar-refractivity contribution in [2.75, 3.05) is 5.32 Å². The fourth-order valence-corrected chi connectivity index (χ4v) is 2.12. The van der Waals surface area contributed by atoms with Gasteiger partial charge in [-0.05, 0) is 50.2 Å². The molecule has 6 nitrogen and oxygen atoms in total. The van der Waals surface area contributed by atoms with Crippen molar-refractivity contribution in [2.24, 2.45) is 0 Å². The number of carbonyl (C=O) groups excluding carboxylic acids is 3. The van der Waals surface area contributed by atoms with Crippen molar-refractivity contribution < 1.29 is 23.5 Å². The Bertz CT molecular complexity index is 778. The summed E-state index contributed by atoms with van der Waals surface area (Å²) in [6.45, 7) is 2.86. The number of esters is 1. The molecule has 0 spiro atoms. The fourth-order valence-electron chi connectivity index (χ4n) is 2.12. The zero-order valence-corrected chi connectivity index (χ0v) is 14.4. The Balaban J connectivity index is 1.86. The number of hydrogen-bond donors (Lipinski definition) is 2. The molecule has 136 valence electrons. The Hall–Kier alpha value is -3.22. The molecule has 2 N–H and O–H groups in total. The number of carbonyl (C=O) groups is 3. The number of amides is 2. The highest BCUT2D eigenvalue weighted by Crippen LogP contribution is 2.09. The van der Waals surface area contributed by atoms with E-state index in [-0.39, 0.29) is 5.56 Å². The zero-order chi connectivity index (χ0) is 19.1. The number of halogens is 1. The monoisotopic (exact) mass is 358 g/mol. The van der Waals surface area contributed by atoms with Crippen LogP contribution in [0.2, 0.25) is 0 Å². The van der Waals surface area contributed by atoms with Crippen LogP contribution in [0.15, 0.2) is 54.6 Å². The van der Waals surface area contributed by atoms with E-state index in [1.807, 2.05) is 6.07 Å². The highest BCUT2D eigenvalue weighted by atomic mass is 19.1. The van der Waals surface area contributed by atoms with Crippen LogP contribution in [0.3, 0.4) is 0 Å². The minimum Gasteiger partial charge on any atom is -0.453 e. The molecule has 0 saturated heterocycles. The molecule has 0 aliphatic rings. The topological polar surface area (TPSA) is 84.5 Å². The SMILES string of the molecule is C[C@H](NC(=O)Nc1ccccc1)C(=O)O[C@@H](C)C(=O)c1ccc(F)cc1. The van der Waals surface area contributed by atoms with Gasteiger partial charge in [0.05, 0.1) is 0 Å². The molecule has 7 heteroatoms. The van der Waals surface area contributed by atoms with E-state index in [9.17, 15) is 18.8 Å². The van der Waals surface area contributed by atoms with Crippen LogP contribution in [-0.2, 0) is 9.53 Å². The molecule has 0 aliphatic heterocycles. The second-order valence-corrected chi connectivity index (χ2v) is 5.64. The highest BCUT2D eigenvalue weighted by molar-refractivity contribution is 6.00. The first-order valence-corrected chi connectivity index (χ1v) is 7.99. The predicted octanol–water partition coefficient (Wildman–Crippen LogP) is 3.15. The molecule has 0 heterocycles. The molecule has 26 heavy (non-hydrogen) atoms. The molecule has 0 fully saturated rings. The number of rotatable bonds is 6. The van der Waals surface area contributed by atoms with Crippen LogP contribution >= 0.6 is 0 Å². The van der Waals surface area contributed by atoms with Crippen LogP contribution < -0.4 is 10.6 Å². The number of urea groups is 1. The summed E-state index contributed by atoms with van der Waals surface area (Å²) in [7, 11) is 0. The smallest absolute Gasteiger partial charge is 0.329 e. The largest absolute Gasteiger partial charge is 0.453 e. The summed E-state index contributed by atoms with van der Waals surface area (Å²) in [5.74, 6) is -1.68. The molecule has 0 unspecified atom stereocenters. The Labute approximate surface area is 150 Å². The van der Waals surface area contributed by atoms with Crippen molar-refractivity contribution >= 4 is 23.5 Å². The first kappa shape index (κ1) is 19.1. The van der Waals surface area contributed by atoms with E-state index in [1.165, 1.54) is 26.0 Å². The van der Waals surface area contributed by atoms with Gasteiger partial charge in [0.1, 0.15) is 11.9 Å². The lowest BCUT2D eigenvalue weighted by Gasteiger charge is -2.17. The second kappa shape index (κ2) is 8.75. The van der Waals surface area contributed by atoms with Crippen molar-refractivity contribution in [3.8, 4) is 0 Å². The van der Waals surface area contributed by atoms with Gasteiger partial charge in [0.15, 0.2) is 6.10 Å². The lowest BCUT2D eigenvalue weighted by molar-refractivity contribution is -0.148. The number of ketones is 1. The molecule has 2 atom stereocenters. The summed E-state index contributed by atoms with van der Waals surface area (Å²) >= 11 is 0. The molecule has 2 amide bonds. The Morgan fingerprint density at radius 2 is 1.58 bits per heavy atom. The van der Waals surface area contributed by atoms with Gasteiger partial charge in [-0.1, -0.05) is 18.2 Å². The van der Waals surface area contributed by atoms with Crippen LogP contribution in [0.25, 0.3) is 0 Å². The highest BCUT2D eigenvalue weighted by Gasteiger charge is 2.24. The van der Waals surface area contributed by atoms with Crippen LogP contribution in [0.5, 0.6) is 0 Å². The van der Waals surface area contributed by atoms with Gasteiger partial charge in [-0.2, -0.15) is 0 Å². The Morgan fingerprint density at radius 3 is 2.19 bits per heavy atom. The lowest BCUT2D eigenvalue weighted by Crippen LogP contribution is -2.43. The average Bonchev–Trinajstić information content (AvgIpc) is 2.62. The van der Waals surface area contributed by atoms with Crippen molar-refractivity contribution in [3.63, 3.8) is 0 Å². The van der Waals surface area contributed by atoms with Crippen LogP contribution in [0.4, 0.5) is 14.9 Å². The van der Waals surface area contributed by atoms with E-state index in [0.29, 0.717) is 5.69 Å². The number of hydrogen-bond acceptors (Lipinski definition) is 4. The first-order valence-electron chi connectivity index (χ1n) is 7.99. The number of Topliss-reactive ketones (excluding diaryl/α,β-unsaturated/α-hetero) is 1. The van der Waals surface area contributed by atoms with Crippen LogP contribution in [0, 0.1) is 5.82 Å². The fraction of sp³-hybridized carbons (Fsp3) is 0.211. The minimum atomic E-state index is -1.06. The van der Waals surface area contributed by atoms with Crippen molar-refractivity contribution in [1.29, 1.82) is 0 Å². The third-order valence-corrected chi connectivity index (χ3v) is 3.52. The van der Waals surface area contributed by atoms with E-state index < -0.39 is 35.7 Å². The van der Waals surface area contributed by atoms with Gasteiger partial charge in [0, 0.05) is 11.3 Å². The first-order chi connectivity index (χ1) is 12.4. The van der Waals surface area contributed by atoms with Gasteiger partial charge < -0.3 is 15.4 Å². The van der Waals surface area contributed by atoms with Crippen molar-refractivity contribution in [2.45, 2.75) is 26.0 Å². The van der Waals surface area contributed by atoms with Gasteiger partial charge in [-0.25, -0.2) is 14.0 Å². The van der Waals surface area contributed by atoms with Gasteiger partial charge in [0.25, 0.3) is 0 Å². The number of nitrogens with one attached hydrogen (secondary N) is 2. The molecule has 0 bridgehead atoms. The van der Waals surface area contributed by atoms with Crippen LogP contribution in [-0.4, -0.2) is 29.9 Å². The van der Waals surface area contributed by atoms with Gasteiger partial charge >= 0.3 is 12.0 Å². The molecule has 0 aromatic heterocycles. The van der Waals surface area contributed by atoms with Gasteiger partial charge in [-0.3, -0.25) is 4.79 Å². The van der Waals surface area contributed by atoms with Crippen LogP contribution in [0.1, 0.15) is 24.2 Å². The number of benzene rings is 2. The molecule has 2 rings (SSSR count). The summed E-state index contributed by atoms with van der Waals surface area (Å²) in [5, 5.41) is 5.01. The lowest BCUT2D eigenvalue weighted by atomic mass is 10.1. The maximum atomic E-state index is 12.9. The van der Waals surface area contributed by atoms with E-state index in [1.54, 1.807) is 24.3 Å². The van der Waals surface area contributed by atoms with Crippen molar-refractivity contribution in [1.82, 2.24) is 5.32 Å². The van der Waals surface area contributed by atoms with E-state index in [4.69, 9.17) is 4.74 Å². The third-order valence-electron chi connectivity index (χ3n) is 3.52. The second-order valence-electron chi connectivity index (χ2n) is 5.64. The standard InChI is InChI=1S/C19H19FN2O4/c1-12(21-19(25)22-16-6-4-3-5-7-16)18(24)26-13(2)17(23)14-8-10-15(20)11-9-14/h3-13H,1-2H3,(H2,21,22,25)/t12-,13-/m0/s1. The summed E-state index contributed by atoms with van der Waals surface area (Å²) < 4.78 is 18.0. The molecular weight excluding hydrogens is 339 g/mol. The average molecular weight is 358 g/mol. The van der Waals surface area contributed by atoms with E-state index in [0.717, 1.165) is 12.1 Å². The third kappa shape index (κ3) is 5.41. The van der Waals surface area contributed by atoms with E-state index in [2.05, 4.69) is 10.6 Å². The summed E-state index contributed by atoms with van der Waals surface area (Å²) in [4.78, 5) is 36.1. The molecule has 0 radical (unpaired) electrons. The Morgan fingerprint density at radius 1 is 0.962 bits per heavy atom. The van der Waals surface area contributed by atoms with Gasteiger partial charge in [0.2, 0.25) is 5.78 Å². The quantitative estimate of drug-likeness (QED) is 0.614. The van der Waals surface area contributed by atoms with Gasteiger partial charge in [-0.15, -0.1) is 0 Å². The zero-order valence-electron chi connectivity index (χ0n) is 14.4. The summed E-state index contributed by atoms with van der Waals surface area (Å²) in [5.41, 5.74) is 0.805. The molecule has 2 aromatic rings. The number of ether oxygens (including phenoxy) is 1. The molecule has 0 aliphatic carbocycles. The molecule has 2 aromatic carbocycles. The number of anilines is 1. The predicted molar refractivity (Wildman–Crippen MR) is 94.3 cm³/mol. The van der Waals surface area contributed by atoms with Crippen molar-refractivity contribution in [3.05, 3.63) is 66.0 Å². The maximum Gasteiger partial charge on any atom is 0.329 e. The normalized spacial score (nSPS) is 12.6. The molecule has 0 saturated carbocycles. The van der Waals surface area contributed by atoms with E-state index >= 15 is 0 Å². The number of para-hydroxylation sites is 1. The summed E-state index contributed by atoms with van der Waals surface area (Å²) in [6.07, 6.45) is -1.06. The minimum absolute atomic E-state index is 0.231.